The molecule has 0 atom stereocenters. The summed E-state index contributed by atoms with van der Waals surface area (Å²) in [5, 5.41) is 3.00. The van der Waals surface area contributed by atoms with E-state index in [2.05, 4.69) is 30.8 Å². The van der Waals surface area contributed by atoms with E-state index in [1.165, 1.54) is 7.11 Å². The largest absolute Gasteiger partial charge is 0.468 e. The summed E-state index contributed by atoms with van der Waals surface area (Å²) in [4.78, 5) is 10.6. The molecule has 0 aliphatic heterocycles. The number of methoxy groups -OCH3 is 1. The first-order valence-corrected chi connectivity index (χ1v) is 3.73. The first-order valence-electron chi connectivity index (χ1n) is 3.73. The van der Waals surface area contributed by atoms with Crippen molar-refractivity contribution in [2.75, 3.05) is 20.2 Å². The molecule has 11 heavy (non-hydrogen) atoms. The molecule has 0 saturated heterocycles. The summed E-state index contributed by atoms with van der Waals surface area (Å²) < 4.78 is 4.46. The predicted molar refractivity (Wildman–Crippen MR) is 44.3 cm³/mol. The highest BCUT2D eigenvalue weighted by Gasteiger charge is 2.09. The first kappa shape index (κ1) is 10.4. The van der Waals surface area contributed by atoms with Crippen molar-refractivity contribution in [3.05, 3.63) is 0 Å². The van der Waals surface area contributed by atoms with Crippen LogP contribution >= 0.6 is 0 Å². The fourth-order valence-corrected chi connectivity index (χ4v) is 0.612. The highest BCUT2D eigenvalue weighted by atomic mass is 16.5. The Labute approximate surface area is 68.1 Å². The Bertz CT molecular complexity index is 127. The van der Waals surface area contributed by atoms with Crippen molar-refractivity contribution in [2.24, 2.45) is 5.41 Å². The Hall–Kier alpha value is -0.570. The molecule has 3 nitrogen and oxygen atoms in total. The minimum Gasteiger partial charge on any atom is -0.468 e. The SMILES string of the molecule is COC(=O)CNCC(C)(C)C. The molecule has 0 amide bonds. The maximum atomic E-state index is 10.6. The van der Waals surface area contributed by atoms with Crippen LogP contribution in [0.2, 0.25) is 0 Å². The summed E-state index contributed by atoms with van der Waals surface area (Å²) in [6.07, 6.45) is 0. The Morgan fingerprint density at radius 3 is 2.36 bits per heavy atom. The standard InChI is InChI=1S/C8H17NO2/c1-8(2,3)6-9-5-7(10)11-4/h9H,5-6H2,1-4H3. The maximum Gasteiger partial charge on any atom is 0.319 e. The van der Waals surface area contributed by atoms with E-state index in [4.69, 9.17) is 0 Å². The number of ether oxygens (including phenoxy) is 1. The number of hydrogen-bond donors (Lipinski definition) is 1. The van der Waals surface area contributed by atoms with Gasteiger partial charge in [-0.15, -0.1) is 0 Å². The second-order valence-electron chi connectivity index (χ2n) is 3.74. The average Bonchev–Trinajstić information content (AvgIpc) is 1.85. The van der Waals surface area contributed by atoms with Crippen LogP contribution in [-0.2, 0) is 9.53 Å². The second-order valence-corrected chi connectivity index (χ2v) is 3.74. The van der Waals surface area contributed by atoms with Gasteiger partial charge in [0.05, 0.1) is 13.7 Å². The molecule has 0 radical (unpaired) electrons. The molecule has 0 aromatic rings. The van der Waals surface area contributed by atoms with Crippen LogP contribution in [0.5, 0.6) is 0 Å². The third-order valence-corrected chi connectivity index (χ3v) is 1.15. The molecule has 0 unspecified atom stereocenters. The van der Waals surface area contributed by atoms with Crippen molar-refractivity contribution in [3.63, 3.8) is 0 Å². The van der Waals surface area contributed by atoms with E-state index in [9.17, 15) is 4.79 Å². The molecule has 0 bridgehead atoms. The van der Waals surface area contributed by atoms with Crippen molar-refractivity contribution in [2.45, 2.75) is 20.8 Å². The summed E-state index contributed by atoms with van der Waals surface area (Å²) in [6, 6.07) is 0. The van der Waals surface area contributed by atoms with Gasteiger partial charge in [-0.2, -0.15) is 0 Å². The van der Waals surface area contributed by atoms with Crippen LogP contribution in [0, 0.1) is 5.41 Å². The molecule has 0 spiro atoms. The van der Waals surface area contributed by atoms with Crippen LogP contribution in [0.3, 0.4) is 0 Å². The molecule has 0 rings (SSSR count). The zero-order valence-electron chi connectivity index (χ0n) is 7.73. The molecule has 0 heterocycles. The third-order valence-electron chi connectivity index (χ3n) is 1.15. The normalized spacial score (nSPS) is 11.3. The molecule has 0 saturated carbocycles. The molecule has 0 aromatic carbocycles. The van der Waals surface area contributed by atoms with Gasteiger partial charge in [-0.05, 0) is 5.41 Å². The lowest BCUT2D eigenvalue weighted by Crippen LogP contribution is -2.31. The molecule has 0 aromatic heterocycles. The van der Waals surface area contributed by atoms with Gasteiger partial charge >= 0.3 is 5.97 Å². The molecule has 0 fully saturated rings. The van der Waals surface area contributed by atoms with Crippen LogP contribution in [0.4, 0.5) is 0 Å². The van der Waals surface area contributed by atoms with Gasteiger partial charge in [-0.25, -0.2) is 0 Å². The number of esters is 1. The fraction of sp³-hybridized carbons (Fsp3) is 0.875. The van der Waals surface area contributed by atoms with Crippen LogP contribution in [-0.4, -0.2) is 26.2 Å². The molecular formula is C8H17NO2. The van der Waals surface area contributed by atoms with Gasteiger partial charge in [-0.3, -0.25) is 4.79 Å². The van der Waals surface area contributed by atoms with Crippen molar-refractivity contribution in [1.82, 2.24) is 5.32 Å². The Kier molecular flexibility index (Phi) is 4.11. The first-order chi connectivity index (χ1) is 4.95. The number of nitrogens with one attached hydrogen (secondary N) is 1. The predicted octanol–water partition coefficient (Wildman–Crippen LogP) is 0.795. The van der Waals surface area contributed by atoms with E-state index >= 15 is 0 Å². The third kappa shape index (κ3) is 7.33. The Morgan fingerprint density at radius 2 is 2.00 bits per heavy atom. The van der Waals surface area contributed by atoms with E-state index < -0.39 is 0 Å². The van der Waals surface area contributed by atoms with Gasteiger partial charge < -0.3 is 10.1 Å². The number of carbonyl (C=O) groups excluding carboxylic acids is 1. The summed E-state index contributed by atoms with van der Waals surface area (Å²) >= 11 is 0. The average molecular weight is 159 g/mol. The smallest absolute Gasteiger partial charge is 0.319 e. The van der Waals surface area contributed by atoms with Gasteiger partial charge in [0.1, 0.15) is 0 Å². The van der Waals surface area contributed by atoms with Crippen LogP contribution < -0.4 is 5.32 Å². The minimum absolute atomic E-state index is 0.214. The van der Waals surface area contributed by atoms with E-state index in [-0.39, 0.29) is 11.4 Å². The van der Waals surface area contributed by atoms with Gasteiger partial charge in [0.15, 0.2) is 0 Å². The summed E-state index contributed by atoms with van der Waals surface area (Å²) in [6.45, 7) is 7.45. The molecular weight excluding hydrogens is 142 g/mol. The van der Waals surface area contributed by atoms with Crippen molar-refractivity contribution in [3.8, 4) is 0 Å². The second kappa shape index (κ2) is 4.34. The lowest BCUT2D eigenvalue weighted by molar-refractivity contribution is -0.139. The molecule has 66 valence electrons. The molecule has 1 N–H and O–H groups in total. The summed E-state index contributed by atoms with van der Waals surface area (Å²) in [7, 11) is 1.39. The van der Waals surface area contributed by atoms with E-state index in [0.29, 0.717) is 6.54 Å². The molecule has 3 heteroatoms. The Morgan fingerprint density at radius 1 is 1.45 bits per heavy atom. The van der Waals surface area contributed by atoms with E-state index in [0.717, 1.165) is 6.54 Å². The summed E-state index contributed by atoms with van der Waals surface area (Å²) in [5.74, 6) is -0.214. The molecule has 0 aliphatic rings. The van der Waals surface area contributed by atoms with Gasteiger partial charge in [-0.1, -0.05) is 20.8 Å². The highest BCUT2D eigenvalue weighted by molar-refractivity contribution is 5.71. The van der Waals surface area contributed by atoms with Crippen molar-refractivity contribution in [1.29, 1.82) is 0 Å². The minimum atomic E-state index is -0.214. The zero-order chi connectivity index (χ0) is 8.91. The van der Waals surface area contributed by atoms with Gasteiger partial charge in [0.2, 0.25) is 0 Å². The number of rotatable bonds is 3. The fourth-order valence-electron chi connectivity index (χ4n) is 0.612. The lowest BCUT2D eigenvalue weighted by atomic mass is 9.97. The monoisotopic (exact) mass is 159 g/mol. The van der Waals surface area contributed by atoms with Gasteiger partial charge in [0, 0.05) is 6.54 Å². The van der Waals surface area contributed by atoms with Crippen LogP contribution in [0.25, 0.3) is 0 Å². The molecule has 0 aliphatic carbocycles. The summed E-state index contributed by atoms with van der Waals surface area (Å²) in [5.41, 5.74) is 0.216. The van der Waals surface area contributed by atoms with Crippen molar-refractivity contribution >= 4 is 5.97 Å². The quantitative estimate of drug-likeness (QED) is 0.619. The van der Waals surface area contributed by atoms with E-state index in [1.54, 1.807) is 0 Å². The van der Waals surface area contributed by atoms with Gasteiger partial charge in [0.25, 0.3) is 0 Å². The lowest BCUT2D eigenvalue weighted by Gasteiger charge is -2.17. The topological polar surface area (TPSA) is 38.3 Å². The Balaban J connectivity index is 3.35. The van der Waals surface area contributed by atoms with Crippen LogP contribution in [0.1, 0.15) is 20.8 Å². The highest BCUT2D eigenvalue weighted by Crippen LogP contribution is 2.09. The zero-order valence-corrected chi connectivity index (χ0v) is 7.73. The number of carbonyl (C=O) groups is 1. The van der Waals surface area contributed by atoms with E-state index in [1.807, 2.05) is 0 Å². The van der Waals surface area contributed by atoms with Crippen LogP contribution in [0.15, 0.2) is 0 Å². The van der Waals surface area contributed by atoms with Crippen molar-refractivity contribution < 1.29 is 9.53 Å². The number of hydrogen-bond acceptors (Lipinski definition) is 3. The maximum absolute atomic E-state index is 10.6.